The molecule has 1 saturated heterocycles. The van der Waals surface area contributed by atoms with Crippen LogP contribution in [0.1, 0.15) is 11.9 Å². The highest BCUT2D eigenvalue weighted by atomic mass is 16.5. The van der Waals surface area contributed by atoms with E-state index in [-0.39, 0.29) is 5.90 Å². The maximum atomic E-state index is 8.82. The fraction of sp³-hybridized carbons (Fsp3) is 0.0312. The molecular weight excluding hydrogens is 486 g/mol. The van der Waals surface area contributed by atoms with Crippen molar-refractivity contribution in [2.45, 2.75) is 6.10 Å². The van der Waals surface area contributed by atoms with Crippen LogP contribution in [0.3, 0.4) is 0 Å². The summed E-state index contributed by atoms with van der Waals surface area (Å²) in [5, 5.41) is 22.5. The second-order valence-corrected chi connectivity index (χ2v) is 8.74. The number of rotatable bonds is 7. The zero-order valence-electron chi connectivity index (χ0n) is 21.0. The molecule has 0 aliphatic carbocycles. The minimum atomic E-state index is -0.741. The van der Waals surface area contributed by atoms with Crippen molar-refractivity contribution in [3.05, 3.63) is 145 Å². The van der Waals surface area contributed by atoms with Crippen molar-refractivity contribution in [3.8, 4) is 0 Å². The van der Waals surface area contributed by atoms with E-state index < -0.39 is 6.10 Å². The first-order chi connectivity index (χ1) is 19.3. The van der Waals surface area contributed by atoms with Gasteiger partial charge >= 0.3 is 0 Å². The molecule has 0 amide bonds. The van der Waals surface area contributed by atoms with Gasteiger partial charge in [0.1, 0.15) is 5.71 Å². The fourth-order valence-corrected chi connectivity index (χ4v) is 4.31. The lowest BCUT2D eigenvalue weighted by Crippen LogP contribution is -2.25. The lowest BCUT2D eigenvalue weighted by molar-refractivity contribution is 0.240. The molecule has 7 heteroatoms. The van der Waals surface area contributed by atoms with Gasteiger partial charge in [-0.25, -0.2) is 10.0 Å². The molecule has 4 aromatic carbocycles. The Labute approximate surface area is 226 Å². The fourth-order valence-electron chi connectivity index (χ4n) is 4.31. The van der Waals surface area contributed by atoms with E-state index >= 15 is 0 Å². The van der Waals surface area contributed by atoms with Crippen molar-refractivity contribution in [2.24, 2.45) is 10.2 Å². The Balaban J connectivity index is 1.54. The second kappa shape index (κ2) is 10.9. The van der Waals surface area contributed by atoms with E-state index in [1.807, 2.05) is 132 Å². The van der Waals surface area contributed by atoms with E-state index in [0.717, 1.165) is 22.7 Å². The van der Waals surface area contributed by atoms with Gasteiger partial charge in [0.25, 0.3) is 0 Å². The summed E-state index contributed by atoms with van der Waals surface area (Å²) >= 11 is 0. The second-order valence-electron chi connectivity index (χ2n) is 8.74. The quantitative estimate of drug-likeness (QED) is 0.227. The van der Waals surface area contributed by atoms with E-state index in [0.29, 0.717) is 17.2 Å². The molecule has 1 N–H and O–H groups in total. The molecule has 1 aliphatic rings. The van der Waals surface area contributed by atoms with Crippen molar-refractivity contribution in [2.75, 3.05) is 10.0 Å². The summed E-state index contributed by atoms with van der Waals surface area (Å²) in [7, 11) is 0. The topological polar surface area (TPSA) is 77.4 Å². The highest BCUT2D eigenvalue weighted by Crippen LogP contribution is 2.33. The van der Waals surface area contributed by atoms with Gasteiger partial charge in [-0.05, 0) is 60.7 Å². The molecule has 1 atom stereocenters. The number of nitrogens with one attached hydrogen (secondary N) is 1. The summed E-state index contributed by atoms with van der Waals surface area (Å²) < 4.78 is 11.8. The predicted molar refractivity (Wildman–Crippen MR) is 155 cm³/mol. The SMILES string of the molecule is N=C1O[C@@H](c2ccco2)C(=N/N(c2ccccc2)c2ccccc2)/C1=N\N(c1ccccc1)c1ccccc1. The van der Waals surface area contributed by atoms with Gasteiger partial charge < -0.3 is 9.15 Å². The Morgan fingerprint density at radius 1 is 0.538 bits per heavy atom. The molecule has 0 bridgehead atoms. The highest BCUT2D eigenvalue weighted by Gasteiger charge is 2.40. The number of hydrogen-bond donors (Lipinski definition) is 1. The summed E-state index contributed by atoms with van der Waals surface area (Å²) in [4.78, 5) is 0. The van der Waals surface area contributed by atoms with E-state index in [9.17, 15) is 0 Å². The van der Waals surface area contributed by atoms with Gasteiger partial charge in [-0.3, -0.25) is 5.41 Å². The molecule has 1 aromatic heterocycles. The number of nitrogens with zero attached hydrogens (tertiary/aromatic N) is 4. The van der Waals surface area contributed by atoms with Crippen LogP contribution in [0.2, 0.25) is 0 Å². The third-order valence-corrected chi connectivity index (χ3v) is 6.15. The van der Waals surface area contributed by atoms with Gasteiger partial charge in [-0.15, -0.1) is 0 Å². The highest BCUT2D eigenvalue weighted by molar-refractivity contribution is 6.69. The van der Waals surface area contributed by atoms with Crippen molar-refractivity contribution in [3.63, 3.8) is 0 Å². The van der Waals surface area contributed by atoms with Crippen molar-refractivity contribution >= 4 is 40.1 Å². The van der Waals surface area contributed by atoms with Gasteiger partial charge in [-0.1, -0.05) is 72.8 Å². The zero-order valence-corrected chi connectivity index (χ0v) is 21.0. The van der Waals surface area contributed by atoms with Gasteiger partial charge in [0.15, 0.2) is 11.5 Å². The monoisotopic (exact) mass is 511 g/mol. The van der Waals surface area contributed by atoms with Crippen LogP contribution >= 0.6 is 0 Å². The first kappa shape index (κ1) is 23.9. The summed E-state index contributed by atoms with van der Waals surface area (Å²) in [6.07, 6.45) is 0.844. The van der Waals surface area contributed by atoms with Crippen LogP contribution in [0.4, 0.5) is 22.7 Å². The number of hydrogen-bond acceptors (Lipinski definition) is 7. The van der Waals surface area contributed by atoms with Crippen molar-refractivity contribution in [1.82, 2.24) is 0 Å². The minimum absolute atomic E-state index is 0.0897. The van der Waals surface area contributed by atoms with Gasteiger partial charge in [0, 0.05) is 0 Å². The van der Waals surface area contributed by atoms with Crippen LogP contribution in [0.15, 0.2) is 154 Å². The molecule has 39 heavy (non-hydrogen) atoms. The first-order valence-corrected chi connectivity index (χ1v) is 12.5. The molecule has 190 valence electrons. The van der Waals surface area contributed by atoms with Crippen LogP contribution in [0, 0.1) is 5.41 Å². The average molecular weight is 512 g/mol. The van der Waals surface area contributed by atoms with E-state index in [4.69, 9.17) is 24.8 Å². The Morgan fingerprint density at radius 3 is 1.38 bits per heavy atom. The molecule has 1 fully saturated rings. The number of anilines is 4. The van der Waals surface area contributed by atoms with Gasteiger partial charge in [0.05, 0.1) is 29.0 Å². The van der Waals surface area contributed by atoms with Crippen molar-refractivity contribution in [1.29, 1.82) is 5.41 Å². The summed E-state index contributed by atoms with van der Waals surface area (Å²) in [6, 6.07) is 42.9. The van der Waals surface area contributed by atoms with E-state index in [1.54, 1.807) is 17.3 Å². The smallest absolute Gasteiger partial charge is 0.237 e. The number of para-hydroxylation sites is 4. The molecule has 0 unspecified atom stereocenters. The molecule has 0 radical (unpaired) electrons. The largest absolute Gasteiger partial charge is 0.465 e. The third-order valence-electron chi connectivity index (χ3n) is 6.15. The Morgan fingerprint density at radius 2 is 0.974 bits per heavy atom. The predicted octanol–water partition coefficient (Wildman–Crippen LogP) is 7.72. The summed E-state index contributed by atoms with van der Waals surface area (Å²) in [5.74, 6) is 0.448. The summed E-state index contributed by atoms with van der Waals surface area (Å²) in [5.41, 5.74) is 4.16. The molecule has 5 aromatic rings. The van der Waals surface area contributed by atoms with Crippen LogP contribution in [-0.2, 0) is 4.74 Å². The van der Waals surface area contributed by atoms with Gasteiger partial charge in [0.2, 0.25) is 12.0 Å². The molecule has 0 spiro atoms. The number of benzene rings is 4. The molecule has 0 saturated carbocycles. The van der Waals surface area contributed by atoms with Crippen molar-refractivity contribution < 1.29 is 9.15 Å². The normalized spacial score (nSPS) is 16.8. The van der Waals surface area contributed by atoms with Crippen LogP contribution < -0.4 is 10.0 Å². The Hall–Kier alpha value is -5.43. The van der Waals surface area contributed by atoms with Crippen LogP contribution in [0.25, 0.3) is 0 Å². The first-order valence-electron chi connectivity index (χ1n) is 12.5. The zero-order chi connectivity index (χ0) is 26.4. The number of furan rings is 1. The molecule has 7 nitrogen and oxygen atoms in total. The Bertz CT molecular complexity index is 1510. The molecule has 6 rings (SSSR count). The lowest BCUT2D eigenvalue weighted by atomic mass is 10.1. The minimum Gasteiger partial charge on any atom is -0.465 e. The number of hydrazone groups is 2. The molecular formula is C32H25N5O2. The maximum Gasteiger partial charge on any atom is 0.237 e. The third kappa shape index (κ3) is 5.06. The lowest BCUT2D eigenvalue weighted by Gasteiger charge is -2.22. The standard InChI is InChI=1S/C32H25N5O2/c33-32-30(35-37(26-18-9-3-10-19-26)27-20-11-4-12-21-27)29(31(39-32)28-22-13-23-38-28)34-36(24-14-5-1-6-15-24)25-16-7-2-8-17-25/h1-23,31,33H/b33-32?,34-29+,35-30+/t31-/m0/s1. The number of ether oxygens (including phenoxy) is 1. The van der Waals surface area contributed by atoms with Crippen LogP contribution in [0.5, 0.6) is 0 Å². The van der Waals surface area contributed by atoms with Gasteiger partial charge in [-0.2, -0.15) is 10.2 Å². The average Bonchev–Trinajstić information content (AvgIpc) is 3.64. The molecule has 2 heterocycles. The maximum absolute atomic E-state index is 8.82. The molecule has 1 aliphatic heterocycles. The summed E-state index contributed by atoms with van der Waals surface area (Å²) in [6.45, 7) is 0. The Kier molecular flexibility index (Phi) is 6.69. The van der Waals surface area contributed by atoms with E-state index in [2.05, 4.69) is 0 Å². The van der Waals surface area contributed by atoms with E-state index in [1.165, 1.54) is 0 Å². The van der Waals surface area contributed by atoms with Crippen LogP contribution in [-0.4, -0.2) is 17.3 Å².